The minimum Gasteiger partial charge on any atom is -0.352 e. The van der Waals surface area contributed by atoms with Crippen LogP contribution in [0.2, 0.25) is 0 Å². The summed E-state index contributed by atoms with van der Waals surface area (Å²) in [6, 6.07) is 0. The average molecular weight is 150 g/mol. The van der Waals surface area contributed by atoms with Crippen molar-refractivity contribution in [2.45, 2.75) is 32.6 Å². The molecule has 9 heavy (non-hydrogen) atoms. The summed E-state index contributed by atoms with van der Waals surface area (Å²) in [6.45, 7) is 2.89. The predicted molar refractivity (Wildman–Crippen MR) is 40.6 cm³/mol. The van der Waals surface area contributed by atoms with Crippen molar-refractivity contribution in [3.8, 4) is 0 Å². The quantitative estimate of drug-likeness (QED) is 0.464. The van der Waals surface area contributed by atoms with Crippen LogP contribution in [-0.2, 0) is 4.52 Å². The SMILES string of the molecule is CCCCCCOPO. The molecule has 0 heterocycles. The van der Waals surface area contributed by atoms with Crippen LogP contribution in [0.4, 0.5) is 0 Å². The summed E-state index contributed by atoms with van der Waals surface area (Å²) >= 11 is 0. The van der Waals surface area contributed by atoms with Gasteiger partial charge in [0.1, 0.15) is 0 Å². The van der Waals surface area contributed by atoms with E-state index in [1.54, 1.807) is 0 Å². The lowest BCUT2D eigenvalue weighted by molar-refractivity contribution is 0.314. The van der Waals surface area contributed by atoms with Gasteiger partial charge in [0, 0.05) is 0 Å². The highest BCUT2D eigenvalue weighted by atomic mass is 31.1. The third-order valence-corrected chi connectivity index (χ3v) is 1.50. The van der Waals surface area contributed by atoms with Crippen LogP contribution in [0, 0.1) is 0 Å². The molecule has 1 atom stereocenters. The second-order valence-electron chi connectivity index (χ2n) is 2.00. The second kappa shape index (κ2) is 8.35. The summed E-state index contributed by atoms with van der Waals surface area (Å²) in [7, 11) is -0.330. The van der Waals surface area contributed by atoms with Crippen molar-refractivity contribution >= 4 is 9.03 Å². The summed E-state index contributed by atoms with van der Waals surface area (Å²) in [5.41, 5.74) is 0. The molecule has 0 amide bonds. The fraction of sp³-hybridized carbons (Fsp3) is 1.00. The highest BCUT2D eigenvalue weighted by molar-refractivity contribution is 7.24. The summed E-state index contributed by atoms with van der Waals surface area (Å²) in [5, 5.41) is 0. The van der Waals surface area contributed by atoms with Crippen LogP contribution in [0.15, 0.2) is 0 Å². The van der Waals surface area contributed by atoms with Gasteiger partial charge in [0.05, 0.1) is 6.61 Å². The molecule has 1 N–H and O–H groups in total. The Balaban J connectivity index is 2.60. The molecule has 0 aliphatic rings. The molecule has 56 valence electrons. The third kappa shape index (κ3) is 8.35. The van der Waals surface area contributed by atoms with Gasteiger partial charge in [-0.05, 0) is 6.42 Å². The third-order valence-electron chi connectivity index (χ3n) is 1.16. The Kier molecular flexibility index (Phi) is 8.67. The van der Waals surface area contributed by atoms with Gasteiger partial charge in [0.25, 0.3) is 0 Å². The zero-order valence-electron chi connectivity index (χ0n) is 5.89. The van der Waals surface area contributed by atoms with E-state index in [-0.39, 0.29) is 9.03 Å². The Hall–Kier alpha value is 0.350. The van der Waals surface area contributed by atoms with Gasteiger partial charge in [0.2, 0.25) is 0 Å². The molecular weight excluding hydrogens is 135 g/mol. The average Bonchev–Trinajstić information content (AvgIpc) is 1.89. The molecular formula is C6H15O2P. The van der Waals surface area contributed by atoms with Crippen molar-refractivity contribution < 1.29 is 9.42 Å². The number of hydrogen-bond donors (Lipinski definition) is 1. The van der Waals surface area contributed by atoms with E-state index in [9.17, 15) is 0 Å². The summed E-state index contributed by atoms with van der Waals surface area (Å²) in [4.78, 5) is 8.23. The van der Waals surface area contributed by atoms with Crippen LogP contribution >= 0.6 is 9.03 Å². The predicted octanol–water partition coefficient (Wildman–Crippen LogP) is 2.08. The Labute approximate surface area is 58.6 Å². The molecule has 2 nitrogen and oxygen atoms in total. The first-order chi connectivity index (χ1) is 4.41. The van der Waals surface area contributed by atoms with E-state index in [4.69, 9.17) is 9.42 Å². The summed E-state index contributed by atoms with van der Waals surface area (Å²) in [5.74, 6) is 0. The van der Waals surface area contributed by atoms with Crippen molar-refractivity contribution in [1.82, 2.24) is 0 Å². The van der Waals surface area contributed by atoms with Gasteiger partial charge >= 0.3 is 0 Å². The second-order valence-corrected chi connectivity index (χ2v) is 2.47. The van der Waals surface area contributed by atoms with Gasteiger partial charge in [-0.2, -0.15) is 0 Å². The van der Waals surface area contributed by atoms with Gasteiger partial charge < -0.3 is 9.42 Å². The normalized spacial score (nSPS) is 11.3. The maximum Gasteiger partial charge on any atom is 0.152 e. The molecule has 0 rings (SSSR count). The summed E-state index contributed by atoms with van der Waals surface area (Å²) in [6.07, 6.45) is 4.84. The number of hydrogen-bond acceptors (Lipinski definition) is 2. The van der Waals surface area contributed by atoms with Gasteiger partial charge in [-0.1, -0.05) is 26.2 Å². The number of rotatable bonds is 6. The molecule has 0 saturated heterocycles. The lowest BCUT2D eigenvalue weighted by Gasteiger charge is -1.97. The summed E-state index contributed by atoms with van der Waals surface area (Å²) < 4.78 is 4.76. The van der Waals surface area contributed by atoms with Crippen molar-refractivity contribution in [3.05, 3.63) is 0 Å². The maximum atomic E-state index is 8.23. The van der Waals surface area contributed by atoms with Crippen molar-refractivity contribution in [1.29, 1.82) is 0 Å². The van der Waals surface area contributed by atoms with Gasteiger partial charge in [0.15, 0.2) is 9.03 Å². The highest BCUT2D eigenvalue weighted by Gasteiger charge is 1.86. The molecule has 0 saturated carbocycles. The lowest BCUT2D eigenvalue weighted by Crippen LogP contribution is -1.84. The highest BCUT2D eigenvalue weighted by Crippen LogP contribution is 2.06. The largest absolute Gasteiger partial charge is 0.352 e. The molecule has 0 aromatic heterocycles. The van der Waals surface area contributed by atoms with E-state index in [0.717, 1.165) is 13.0 Å². The monoisotopic (exact) mass is 150 g/mol. The van der Waals surface area contributed by atoms with E-state index in [1.807, 2.05) is 0 Å². The van der Waals surface area contributed by atoms with E-state index >= 15 is 0 Å². The van der Waals surface area contributed by atoms with Crippen molar-refractivity contribution in [2.24, 2.45) is 0 Å². The molecule has 0 radical (unpaired) electrons. The first-order valence-corrected chi connectivity index (χ1v) is 4.28. The number of unbranched alkanes of at least 4 members (excludes halogenated alkanes) is 3. The van der Waals surface area contributed by atoms with Crippen molar-refractivity contribution in [2.75, 3.05) is 6.61 Å². The Morgan fingerprint density at radius 1 is 1.33 bits per heavy atom. The van der Waals surface area contributed by atoms with Crippen LogP contribution in [0.3, 0.4) is 0 Å². The fourth-order valence-electron chi connectivity index (χ4n) is 0.647. The van der Waals surface area contributed by atoms with Crippen LogP contribution in [-0.4, -0.2) is 11.5 Å². The Morgan fingerprint density at radius 3 is 2.67 bits per heavy atom. The Bertz CT molecular complexity index is 44.3. The first-order valence-electron chi connectivity index (χ1n) is 3.42. The van der Waals surface area contributed by atoms with Gasteiger partial charge in [-0.3, -0.25) is 0 Å². The molecule has 0 spiro atoms. The van der Waals surface area contributed by atoms with E-state index < -0.39 is 0 Å². The first kappa shape index (κ1) is 9.35. The molecule has 0 aromatic carbocycles. The van der Waals surface area contributed by atoms with E-state index in [0.29, 0.717) is 0 Å². The van der Waals surface area contributed by atoms with Crippen LogP contribution in [0.5, 0.6) is 0 Å². The van der Waals surface area contributed by atoms with Gasteiger partial charge in [-0.25, -0.2) is 0 Å². The zero-order chi connectivity index (χ0) is 6.95. The molecule has 0 bridgehead atoms. The Morgan fingerprint density at radius 2 is 2.11 bits per heavy atom. The van der Waals surface area contributed by atoms with E-state index in [1.165, 1.54) is 19.3 Å². The minimum atomic E-state index is -0.330. The molecule has 0 aliphatic carbocycles. The molecule has 0 aromatic rings. The fourth-order valence-corrected chi connectivity index (χ4v) is 0.882. The van der Waals surface area contributed by atoms with E-state index in [2.05, 4.69) is 6.92 Å². The van der Waals surface area contributed by atoms with Crippen LogP contribution < -0.4 is 0 Å². The maximum absolute atomic E-state index is 8.23. The standard InChI is InChI=1S/C6H15O2P/c1-2-3-4-5-6-8-9-7/h7,9H,2-6H2,1H3. The van der Waals surface area contributed by atoms with Crippen LogP contribution in [0.25, 0.3) is 0 Å². The minimum absolute atomic E-state index is 0.330. The molecule has 0 aliphatic heterocycles. The molecule has 0 fully saturated rings. The molecule has 3 heteroatoms. The lowest BCUT2D eigenvalue weighted by atomic mass is 10.2. The van der Waals surface area contributed by atoms with Crippen LogP contribution in [0.1, 0.15) is 32.6 Å². The smallest absolute Gasteiger partial charge is 0.152 e. The van der Waals surface area contributed by atoms with Crippen molar-refractivity contribution in [3.63, 3.8) is 0 Å². The zero-order valence-corrected chi connectivity index (χ0v) is 6.89. The molecule has 1 unspecified atom stereocenters. The topological polar surface area (TPSA) is 29.5 Å². The van der Waals surface area contributed by atoms with Gasteiger partial charge in [-0.15, -0.1) is 0 Å².